The molecule has 1 atom stereocenters. The number of nitrogens with zero attached hydrogens (tertiary/aromatic N) is 2. The van der Waals surface area contributed by atoms with E-state index in [1.54, 1.807) is 43.5 Å². The van der Waals surface area contributed by atoms with E-state index in [1.165, 1.54) is 10.6 Å². The van der Waals surface area contributed by atoms with Crippen LogP contribution in [0.1, 0.15) is 35.7 Å². The van der Waals surface area contributed by atoms with E-state index in [2.05, 4.69) is 10.3 Å². The van der Waals surface area contributed by atoms with Crippen LogP contribution in [0.5, 0.6) is 0 Å². The second-order valence-electron chi connectivity index (χ2n) is 7.28. The predicted octanol–water partition coefficient (Wildman–Crippen LogP) is 2.52. The average molecular weight is 533 g/mol. The highest BCUT2D eigenvalue weighted by Crippen LogP contribution is 2.15. The van der Waals surface area contributed by atoms with Crippen LogP contribution in [0.25, 0.3) is 0 Å². The van der Waals surface area contributed by atoms with Crippen LogP contribution < -0.4 is 16.6 Å². The van der Waals surface area contributed by atoms with E-state index in [4.69, 9.17) is 27.2 Å². The van der Waals surface area contributed by atoms with Gasteiger partial charge in [-0.05, 0) is 43.5 Å². The first-order chi connectivity index (χ1) is 16.7. The lowest BCUT2D eigenvalue weighted by molar-refractivity contribution is -0.192. The summed E-state index contributed by atoms with van der Waals surface area (Å²) in [5.41, 5.74) is 5.50. The molecule has 0 radical (unpaired) electrons. The summed E-state index contributed by atoms with van der Waals surface area (Å²) in [5, 5.41) is 19.4. The van der Waals surface area contributed by atoms with Gasteiger partial charge in [-0.15, -0.1) is 0 Å². The molecule has 2 aromatic rings. The number of aliphatic carboxylic acids is 2. The van der Waals surface area contributed by atoms with Crippen LogP contribution in [0, 0.1) is 0 Å². The molecule has 0 aliphatic heterocycles. The Labute approximate surface area is 208 Å². The van der Waals surface area contributed by atoms with E-state index >= 15 is 0 Å². The van der Waals surface area contributed by atoms with Crippen LogP contribution >= 0.6 is 11.6 Å². The number of benzene rings is 1. The van der Waals surface area contributed by atoms with Gasteiger partial charge in [0.05, 0.1) is 12.4 Å². The average Bonchev–Trinajstić information content (AvgIpc) is 2.78. The van der Waals surface area contributed by atoms with Crippen molar-refractivity contribution in [2.24, 2.45) is 10.7 Å². The number of alkyl halides is 3. The van der Waals surface area contributed by atoms with Crippen molar-refractivity contribution >= 4 is 35.3 Å². The first-order valence-electron chi connectivity index (χ1n) is 10.3. The number of amidine groups is 1. The predicted molar refractivity (Wildman–Crippen MR) is 125 cm³/mol. The summed E-state index contributed by atoms with van der Waals surface area (Å²) < 4.78 is 33.1. The van der Waals surface area contributed by atoms with Gasteiger partial charge in [-0.1, -0.05) is 29.8 Å². The number of nitrogens with one attached hydrogen (secondary N) is 1. The summed E-state index contributed by atoms with van der Waals surface area (Å²) in [5.74, 6) is -4.27. The smallest absolute Gasteiger partial charge is 0.480 e. The lowest BCUT2D eigenvalue weighted by atomic mass is 10.1. The molecule has 0 saturated heterocycles. The molecule has 0 fully saturated rings. The van der Waals surface area contributed by atoms with Crippen molar-refractivity contribution in [1.82, 2.24) is 9.88 Å². The van der Waals surface area contributed by atoms with Gasteiger partial charge in [0, 0.05) is 17.8 Å². The number of hydrogen-bond acceptors (Lipinski definition) is 5. The number of carbonyl (C=O) groups is 3. The Morgan fingerprint density at radius 2 is 1.78 bits per heavy atom. The maximum atomic E-state index is 12.7. The second kappa shape index (κ2) is 13.9. The quantitative estimate of drug-likeness (QED) is 0.219. The van der Waals surface area contributed by atoms with E-state index in [-0.39, 0.29) is 18.5 Å². The topological polar surface area (TPSA) is 164 Å². The van der Waals surface area contributed by atoms with Crippen LogP contribution in [0.2, 0.25) is 5.02 Å². The molecule has 0 aliphatic carbocycles. The molecule has 196 valence electrons. The fourth-order valence-corrected chi connectivity index (χ4v) is 2.88. The van der Waals surface area contributed by atoms with Crippen molar-refractivity contribution in [1.29, 1.82) is 0 Å². The van der Waals surface area contributed by atoms with Crippen LogP contribution in [0.3, 0.4) is 0 Å². The summed E-state index contributed by atoms with van der Waals surface area (Å²) >= 11 is 6.14. The fraction of sp³-hybridized carbons (Fsp3) is 0.318. The number of halogens is 4. The Morgan fingerprint density at radius 3 is 2.31 bits per heavy atom. The third kappa shape index (κ3) is 10.2. The minimum absolute atomic E-state index is 0.137. The SMILES string of the molecule is CC(N)=NCCC[C@H](NC(=O)c1cccn(Cc2ccccc2Cl)c1=O)C(=O)O.O=C(O)C(F)(F)F. The molecule has 1 aromatic carbocycles. The Bertz CT molecular complexity index is 1160. The number of pyridine rings is 1. The second-order valence-corrected chi connectivity index (χ2v) is 7.69. The molecular weight excluding hydrogens is 509 g/mol. The molecule has 0 aliphatic rings. The monoisotopic (exact) mass is 532 g/mol. The zero-order chi connectivity index (χ0) is 27.5. The van der Waals surface area contributed by atoms with E-state index < -0.39 is 35.6 Å². The van der Waals surface area contributed by atoms with Gasteiger partial charge in [0.25, 0.3) is 11.5 Å². The molecule has 2 rings (SSSR count). The van der Waals surface area contributed by atoms with Gasteiger partial charge < -0.3 is 25.8 Å². The van der Waals surface area contributed by atoms with Gasteiger partial charge in [0.2, 0.25) is 0 Å². The maximum absolute atomic E-state index is 12.7. The number of aromatic nitrogens is 1. The minimum Gasteiger partial charge on any atom is -0.480 e. The lowest BCUT2D eigenvalue weighted by Gasteiger charge is -2.15. The zero-order valence-electron chi connectivity index (χ0n) is 19.0. The van der Waals surface area contributed by atoms with Gasteiger partial charge >= 0.3 is 18.1 Å². The Morgan fingerprint density at radius 1 is 1.17 bits per heavy atom. The molecule has 10 nitrogen and oxygen atoms in total. The molecule has 14 heteroatoms. The van der Waals surface area contributed by atoms with Gasteiger partial charge in [0.15, 0.2) is 0 Å². The third-order valence-corrected chi connectivity index (χ3v) is 4.79. The summed E-state index contributed by atoms with van der Waals surface area (Å²) in [7, 11) is 0. The molecular formula is C22H24ClF3N4O6. The molecule has 1 amide bonds. The normalized spacial score (nSPS) is 12.2. The molecule has 1 aromatic heterocycles. The highest BCUT2D eigenvalue weighted by atomic mass is 35.5. The molecule has 1 heterocycles. The summed E-state index contributed by atoms with van der Waals surface area (Å²) in [6.45, 7) is 2.19. The number of nitrogens with two attached hydrogens (primary N) is 1. The van der Waals surface area contributed by atoms with Crippen LogP contribution in [-0.4, -0.2) is 57.2 Å². The minimum atomic E-state index is -5.08. The van der Waals surface area contributed by atoms with E-state index in [0.717, 1.165) is 5.56 Å². The van der Waals surface area contributed by atoms with E-state index in [0.29, 0.717) is 23.8 Å². The van der Waals surface area contributed by atoms with Crippen molar-refractivity contribution in [3.8, 4) is 0 Å². The number of hydrogen-bond donors (Lipinski definition) is 4. The number of rotatable bonds is 9. The van der Waals surface area contributed by atoms with Gasteiger partial charge in [-0.3, -0.25) is 14.6 Å². The third-order valence-electron chi connectivity index (χ3n) is 4.42. The lowest BCUT2D eigenvalue weighted by Crippen LogP contribution is -2.43. The number of carbonyl (C=O) groups excluding carboxylic acids is 1. The van der Waals surface area contributed by atoms with Crippen LogP contribution in [-0.2, 0) is 16.1 Å². The van der Waals surface area contributed by atoms with Crippen molar-refractivity contribution in [2.75, 3.05) is 6.54 Å². The highest BCUT2D eigenvalue weighted by Gasteiger charge is 2.38. The van der Waals surface area contributed by atoms with Crippen molar-refractivity contribution < 1.29 is 37.8 Å². The van der Waals surface area contributed by atoms with Gasteiger partial charge in [-0.2, -0.15) is 13.2 Å². The Kier molecular flexibility index (Phi) is 11.6. The highest BCUT2D eigenvalue weighted by molar-refractivity contribution is 6.31. The number of amides is 1. The van der Waals surface area contributed by atoms with E-state index in [9.17, 15) is 32.7 Å². The molecule has 0 bridgehead atoms. The van der Waals surface area contributed by atoms with Crippen molar-refractivity contribution in [3.05, 3.63) is 69.1 Å². The number of aliphatic imine (C=N–C) groups is 1. The summed E-state index contributed by atoms with van der Waals surface area (Å²) in [4.78, 5) is 49.6. The Hall–Kier alpha value is -3.87. The van der Waals surface area contributed by atoms with Gasteiger partial charge in [-0.25, -0.2) is 9.59 Å². The summed E-state index contributed by atoms with van der Waals surface area (Å²) in [6.07, 6.45) is -2.94. The number of carboxylic acid groups (broad SMARTS) is 2. The van der Waals surface area contributed by atoms with Gasteiger partial charge in [0.1, 0.15) is 11.6 Å². The molecule has 0 unspecified atom stereocenters. The maximum Gasteiger partial charge on any atom is 0.490 e. The summed E-state index contributed by atoms with van der Waals surface area (Å²) in [6, 6.07) is 8.87. The Balaban J connectivity index is 0.000000809. The molecule has 5 N–H and O–H groups in total. The van der Waals surface area contributed by atoms with Crippen molar-refractivity contribution in [3.63, 3.8) is 0 Å². The van der Waals surface area contributed by atoms with Crippen LogP contribution in [0.15, 0.2) is 52.4 Å². The first-order valence-corrected chi connectivity index (χ1v) is 10.6. The molecule has 0 saturated carbocycles. The van der Waals surface area contributed by atoms with Crippen molar-refractivity contribution in [2.45, 2.75) is 38.5 Å². The van der Waals surface area contributed by atoms with Crippen LogP contribution in [0.4, 0.5) is 13.2 Å². The standard InChI is InChI=1S/C20H23ClN4O4.C2HF3O2/c1-13(22)23-10-4-9-17(20(28)29)24-18(26)15-7-5-11-25(19(15)27)12-14-6-2-3-8-16(14)21;3-2(4,5)1(6)7/h2-3,5-8,11,17H,4,9-10,12H2,1H3,(H2,22,23)(H,24,26)(H,28,29);(H,6,7)/t17-;/m0./s1. The molecule has 0 spiro atoms. The molecule has 36 heavy (non-hydrogen) atoms. The first kappa shape index (κ1) is 30.2. The number of carboxylic acids is 2. The van der Waals surface area contributed by atoms with E-state index in [1.807, 2.05) is 0 Å². The largest absolute Gasteiger partial charge is 0.490 e. The fourth-order valence-electron chi connectivity index (χ4n) is 2.69. The zero-order valence-corrected chi connectivity index (χ0v) is 19.7.